The van der Waals surface area contributed by atoms with Gasteiger partial charge in [-0.3, -0.25) is 4.79 Å². The van der Waals surface area contributed by atoms with Crippen molar-refractivity contribution < 1.29 is 9.32 Å². The molecule has 2 heterocycles. The first-order valence-corrected chi connectivity index (χ1v) is 7.36. The van der Waals surface area contributed by atoms with E-state index < -0.39 is 0 Å². The molecule has 2 aromatic heterocycles. The molecule has 0 saturated heterocycles. The molecule has 0 radical (unpaired) electrons. The predicted octanol–water partition coefficient (Wildman–Crippen LogP) is 2.89. The summed E-state index contributed by atoms with van der Waals surface area (Å²) in [6.07, 6.45) is 0. The summed E-state index contributed by atoms with van der Waals surface area (Å²) in [5.74, 6) is 0.212. The minimum absolute atomic E-state index is 0.234. The van der Waals surface area contributed by atoms with Crippen LogP contribution in [-0.2, 0) is 7.05 Å². The lowest BCUT2D eigenvalue weighted by Gasteiger charge is -2.01. The summed E-state index contributed by atoms with van der Waals surface area (Å²) in [7, 11) is 1.92. The van der Waals surface area contributed by atoms with Crippen LogP contribution in [0.15, 0.2) is 27.7 Å². The lowest BCUT2D eigenvalue weighted by atomic mass is 10.1. The normalized spacial score (nSPS) is 12.3. The van der Waals surface area contributed by atoms with E-state index in [0.29, 0.717) is 10.6 Å². The second-order valence-corrected chi connectivity index (χ2v) is 6.12. The van der Waals surface area contributed by atoms with Crippen LogP contribution in [0.3, 0.4) is 0 Å². The molecule has 0 saturated carbocycles. The van der Waals surface area contributed by atoms with E-state index in [9.17, 15) is 4.79 Å². The van der Waals surface area contributed by atoms with Crippen molar-refractivity contribution in [3.05, 3.63) is 45.6 Å². The van der Waals surface area contributed by atoms with E-state index in [-0.39, 0.29) is 11.6 Å². The first-order chi connectivity index (χ1) is 9.95. The second-order valence-electron chi connectivity index (χ2n) is 5.11. The van der Waals surface area contributed by atoms with Crippen molar-refractivity contribution in [1.82, 2.24) is 9.72 Å². The first-order valence-electron chi connectivity index (χ1n) is 6.55. The summed E-state index contributed by atoms with van der Waals surface area (Å²) in [6, 6.07) is 5.83. The number of rotatable bonds is 1. The Bertz CT molecular complexity index is 915. The molecule has 5 nitrogen and oxygen atoms in total. The maximum atomic E-state index is 12.1. The smallest absolute Gasteiger partial charge is 0.301 e. The Morgan fingerprint density at radius 3 is 2.71 bits per heavy atom. The van der Waals surface area contributed by atoms with Gasteiger partial charge in [0, 0.05) is 13.1 Å². The molecule has 1 aromatic carbocycles. The number of amides is 1. The Labute approximate surface area is 125 Å². The Morgan fingerprint density at radius 2 is 2.05 bits per heavy atom. The summed E-state index contributed by atoms with van der Waals surface area (Å²) in [4.78, 5) is 16.9. The van der Waals surface area contributed by atoms with Gasteiger partial charge < -0.3 is 9.09 Å². The van der Waals surface area contributed by atoms with Gasteiger partial charge in [0.25, 0.3) is 0 Å². The molecule has 0 aliphatic carbocycles. The molecule has 1 amide bonds. The first kappa shape index (κ1) is 13.8. The number of aromatic nitrogens is 2. The fourth-order valence-electron chi connectivity index (χ4n) is 2.40. The van der Waals surface area contributed by atoms with Crippen LogP contribution in [0.2, 0.25) is 0 Å². The standard InChI is InChI=1S/C15H15N3O2S/c1-8-5-9(2)13-12(6-8)21-15(18(13)4)16-14(19)11-7-10(3)20-17-11/h5-7H,1-4H3. The molecule has 0 N–H and O–H groups in total. The summed E-state index contributed by atoms with van der Waals surface area (Å²) in [5.41, 5.74) is 3.72. The molecule has 0 aliphatic rings. The van der Waals surface area contributed by atoms with Crippen molar-refractivity contribution in [2.45, 2.75) is 20.8 Å². The van der Waals surface area contributed by atoms with E-state index in [2.05, 4.69) is 36.1 Å². The number of hydrogen-bond acceptors (Lipinski definition) is 4. The number of fused-ring (bicyclic) bond motifs is 1. The largest absolute Gasteiger partial charge is 0.361 e. The quantitative estimate of drug-likeness (QED) is 0.694. The van der Waals surface area contributed by atoms with Gasteiger partial charge in [-0.05, 0) is 38.0 Å². The van der Waals surface area contributed by atoms with Gasteiger partial charge in [0.05, 0.1) is 10.2 Å². The van der Waals surface area contributed by atoms with E-state index in [4.69, 9.17) is 4.52 Å². The van der Waals surface area contributed by atoms with E-state index in [0.717, 1.165) is 10.2 Å². The molecule has 3 rings (SSSR count). The van der Waals surface area contributed by atoms with Crippen LogP contribution in [0.1, 0.15) is 27.4 Å². The second kappa shape index (κ2) is 4.96. The van der Waals surface area contributed by atoms with E-state index >= 15 is 0 Å². The fraction of sp³-hybridized carbons (Fsp3) is 0.267. The number of carbonyl (C=O) groups is 1. The van der Waals surface area contributed by atoms with Crippen LogP contribution in [-0.4, -0.2) is 15.6 Å². The highest BCUT2D eigenvalue weighted by Crippen LogP contribution is 2.22. The molecule has 3 aromatic rings. The van der Waals surface area contributed by atoms with Crippen molar-refractivity contribution in [1.29, 1.82) is 0 Å². The molecule has 108 valence electrons. The maximum Gasteiger partial charge on any atom is 0.301 e. The molecule has 0 fully saturated rings. The van der Waals surface area contributed by atoms with Gasteiger partial charge in [-0.15, -0.1) is 0 Å². The highest BCUT2D eigenvalue weighted by atomic mass is 32.1. The molecule has 0 bridgehead atoms. The van der Waals surface area contributed by atoms with Crippen molar-refractivity contribution in [2.24, 2.45) is 12.0 Å². The zero-order chi connectivity index (χ0) is 15.1. The van der Waals surface area contributed by atoms with Crippen molar-refractivity contribution in [2.75, 3.05) is 0 Å². The van der Waals surface area contributed by atoms with Crippen LogP contribution in [0.4, 0.5) is 0 Å². The summed E-state index contributed by atoms with van der Waals surface area (Å²) in [5, 5.41) is 3.70. The van der Waals surface area contributed by atoms with Crippen LogP contribution < -0.4 is 4.80 Å². The van der Waals surface area contributed by atoms with E-state index in [1.807, 2.05) is 11.6 Å². The summed E-state index contributed by atoms with van der Waals surface area (Å²) < 4.78 is 7.98. The Kier molecular flexibility index (Phi) is 3.25. The molecule has 0 unspecified atom stereocenters. The van der Waals surface area contributed by atoms with Gasteiger partial charge >= 0.3 is 5.91 Å². The molecule has 0 spiro atoms. The third kappa shape index (κ3) is 2.42. The van der Waals surface area contributed by atoms with Gasteiger partial charge in [-0.25, -0.2) is 0 Å². The van der Waals surface area contributed by atoms with Crippen LogP contribution >= 0.6 is 11.3 Å². The van der Waals surface area contributed by atoms with Crippen LogP contribution in [0.25, 0.3) is 10.2 Å². The third-order valence-corrected chi connectivity index (χ3v) is 4.36. The molecular weight excluding hydrogens is 286 g/mol. The van der Waals surface area contributed by atoms with Crippen molar-refractivity contribution in [3.63, 3.8) is 0 Å². The SMILES string of the molecule is Cc1cc(C)c2c(c1)sc(=NC(=O)c1cc(C)on1)n2C. The Morgan fingerprint density at radius 1 is 1.29 bits per heavy atom. The third-order valence-electron chi connectivity index (χ3n) is 3.28. The Hall–Kier alpha value is -2.21. The topological polar surface area (TPSA) is 60.4 Å². The zero-order valence-corrected chi connectivity index (χ0v) is 13.1. The van der Waals surface area contributed by atoms with Gasteiger partial charge in [-0.2, -0.15) is 4.99 Å². The van der Waals surface area contributed by atoms with Crippen molar-refractivity contribution >= 4 is 27.5 Å². The molecule has 21 heavy (non-hydrogen) atoms. The van der Waals surface area contributed by atoms with Crippen molar-refractivity contribution in [3.8, 4) is 0 Å². The minimum Gasteiger partial charge on any atom is -0.361 e. The Balaban J connectivity index is 2.16. The minimum atomic E-state index is -0.386. The highest BCUT2D eigenvalue weighted by Gasteiger charge is 2.12. The average Bonchev–Trinajstić information content (AvgIpc) is 2.94. The summed E-state index contributed by atoms with van der Waals surface area (Å²) >= 11 is 1.50. The molecule has 6 heteroatoms. The zero-order valence-electron chi connectivity index (χ0n) is 12.3. The van der Waals surface area contributed by atoms with Gasteiger partial charge in [0.15, 0.2) is 10.5 Å². The average molecular weight is 301 g/mol. The number of nitrogens with zero attached hydrogens (tertiary/aromatic N) is 3. The van der Waals surface area contributed by atoms with Gasteiger partial charge in [0.2, 0.25) is 0 Å². The number of carbonyl (C=O) groups excluding carboxylic acids is 1. The number of hydrogen-bond donors (Lipinski definition) is 0. The number of benzene rings is 1. The number of thiazole rings is 1. The van der Waals surface area contributed by atoms with Gasteiger partial charge in [0.1, 0.15) is 5.76 Å². The molecule has 0 aliphatic heterocycles. The molecule has 0 atom stereocenters. The summed E-state index contributed by atoms with van der Waals surface area (Å²) in [6.45, 7) is 5.87. The predicted molar refractivity (Wildman–Crippen MR) is 81.4 cm³/mol. The lowest BCUT2D eigenvalue weighted by Crippen LogP contribution is -2.13. The van der Waals surface area contributed by atoms with Crippen LogP contribution in [0, 0.1) is 20.8 Å². The van der Waals surface area contributed by atoms with E-state index in [1.165, 1.54) is 22.5 Å². The maximum absolute atomic E-state index is 12.1. The highest BCUT2D eigenvalue weighted by molar-refractivity contribution is 7.16. The van der Waals surface area contributed by atoms with Crippen LogP contribution in [0.5, 0.6) is 0 Å². The van der Waals surface area contributed by atoms with Gasteiger partial charge in [-0.1, -0.05) is 22.6 Å². The van der Waals surface area contributed by atoms with E-state index in [1.54, 1.807) is 13.0 Å². The molecular formula is C15H15N3O2S. The monoisotopic (exact) mass is 301 g/mol. The lowest BCUT2D eigenvalue weighted by molar-refractivity contribution is 0.0989. The fourth-order valence-corrected chi connectivity index (χ4v) is 3.59. The number of aryl methyl sites for hydroxylation is 4.